The van der Waals surface area contributed by atoms with Crippen LogP contribution in [0.25, 0.3) is 0 Å². The zero-order valence-corrected chi connectivity index (χ0v) is 18.2. The first kappa shape index (κ1) is 22.0. The van der Waals surface area contributed by atoms with Crippen molar-refractivity contribution in [2.75, 3.05) is 11.0 Å². The Balaban J connectivity index is 1.85. The molecule has 0 aliphatic carbocycles. The highest BCUT2D eigenvalue weighted by atomic mass is 32.2. The van der Waals surface area contributed by atoms with E-state index in [0.717, 1.165) is 11.8 Å². The van der Waals surface area contributed by atoms with Crippen LogP contribution >= 0.6 is 12.2 Å². The third-order valence-corrected chi connectivity index (χ3v) is 5.00. The van der Waals surface area contributed by atoms with Crippen molar-refractivity contribution < 1.29 is 13.5 Å². The van der Waals surface area contributed by atoms with Crippen LogP contribution in [0.5, 0.6) is 5.75 Å². The predicted molar refractivity (Wildman–Crippen MR) is 118 cm³/mol. The quantitative estimate of drug-likeness (QED) is 0.536. The van der Waals surface area contributed by atoms with Gasteiger partial charge in [-0.25, -0.2) is 8.42 Å². The van der Waals surface area contributed by atoms with E-state index in [9.17, 15) is 13.5 Å². The first-order valence-electron chi connectivity index (χ1n) is 8.85. The van der Waals surface area contributed by atoms with E-state index in [1.54, 1.807) is 12.1 Å². The van der Waals surface area contributed by atoms with Crippen LogP contribution in [0.15, 0.2) is 42.5 Å². The van der Waals surface area contributed by atoms with Gasteiger partial charge in [0.1, 0.15) is 5.75 Å². The van der Waals surface area contributed by atoms with Crippen LogP contribution in [0.4, 0.5) is 5.69 Å². The van der Waals surface area contributed by atoms with E-state index in [-0.39, 0.29) is 11.2 Å². The molecule has 0 spiro atoms. The van der Waals surface area contributed by atoms with Crippen molar-refractivity contribution in [3.8, 4) is 5.75 Å². The Hall–Kier alpha value is -2.32. The normalized spacial score (nSPS) is 11.7. The number of benzene rings is 2. The number of phenols is 1. The van der Waals surface area contributed by atoms with E-state index in [1.807, 2.05) is 0 Å². The lowest BCUT2D eigenvalue weighted by molar-refractivity contribution is 0.467. The van der Waals surface area contributed by atoms with Gasteiger partial charge in [-0.2, -0.15) is 0 Å². The molecule has 0 saturated heterocycles. The molecule has 8 heteroatoms. The van der Waals surface area contributed by atoms with Gasteiger partial charge in [-0.1, -0.05) is 51.1 Å². The number of nitrogens with one attached hydrogen (secondary N) is 3. The Kier molecular flexibility index (Phi) is 6.90. The number of hydrogen-bond donors (Lipinski definition) is 4. The van der Waals surface area contributed by atoms with Crippen LogP contribution in [-0.4, -0.2) is 24.9 Å². The monoisotopic (exact) mass is 421 g/mol. The molecule has 0 aliphatic rings. The second kappa shape index (κ2) is 8.79. The molecule has 6 nitrogen and oxygen atoms in total. The highest BCUT2D eigenvalue weighted by Gasteiger charge is 2.12. The summed E-state index contributed by atoms with van der Waals surface area (Å²) in [5.74, 6) is -0.0123. The standard InChI is InChI=1S/C20H27N3O3S2/c1-20(2,3)16-8-5-14(6-9-16)12-21-19(27)22-13-15-7-10-17(11-18(15)24)23-28(4,25)26/h5-11,23-24H,12-13H2,1-4H3,(H2,21,22,27). The number of thiocarbonyl (C=S) groups is 1. The molecule has 2 aromatic carbocycles. The summed E-state index contributed by atoms with van der Waals surface area (Å²) >= 11 is 5.28. The van der Waals surface area contributed by atoms with Crippen molar-refractivity contribution in [2.45, 2.75) is 39.3 Å². The molecular weight excluding hydrogens is 394 g/mol. The van der Waals surface area contributed by atoms with Gasteiger partial charge in [0.15, 0.2) is 5.11 Å². The van der Waals surface area contributed by atoms with Crippen molar-refractivity contribution >= 4 is 33.0 Å². The first-order valence-corrected chi connectivity index (χ1v) is 11.1. The average molecular weight is 422 g/mol. The fourth-order valence-electron chi connectivity index (χ4n) is 2.53. The van der Waals surface area contributed by atoms with E-state index in [1.165, 1.54) is 11.6 Å². The van der Waals surface area contributed by atoms with Crippen molar-refractivity contribution in [3.05, 3.63) is 59.2 Å². The summed E-state index contributed by atoms with van der Waals surface area (Å²) in [5.41, 5.74) is 3.44. The Bertz CT molecular complexity index is 934. The zero-order valence-electron chi connectivity index (χ0n) is 16.5. The largest absolute Gasteiger partial charge is 0.508 e. The summed E-state index contributed by atoms with van der Waals surface area (Å²) in [6.07, 6.45) is 1.06. The number of hydrogen-bond acceptors (Lipinski definition) is 4. The van der Waals surface area contributed by atoms with Gasteiger partial charge in [0, 0.05) is 24.7 Å². The Morgan fingerprint density at radius 2 is 1.64 bits per heavy atom. The van der Waals surface area contributed by atoms with Crippen LogP contribution in [0.3, 0.4) is 0 Å². The maximum atomic E-state index is 11.2. The highest BCUT2D eigenvalue weighted by Crippen LogP contribution is 2.23. The van der Waals surface area contributed by atoms with E-state index in [2.05, 4.69) is 60.4 Å². The molecule has 0 fully saturated rings. The SMILES string of the molecule is CC(C)(C)c1ccc(CNC(=S)NCc2ccc(NS(C)(=O)=O)cc2O)cc1. The Labute approximate surface area is 172 Å². The van der Waals surface area contributed by atoms with Gasteiger partial charge in [-0.05, 0) is 34.8 Å². The lowest BCUT2D eigenvalue weighted by atomic mass is 9.87. The van der Waals surface area contributed by atoms with Crippen molar-refractivity contribution in [3.63, 3.8) is 0 Å². The number of phenolic OH excluding ortho intramolecular Hbond substituents is 1. The van der Waals surface area contributed by atoms with Crippen molar-refractivity contribution in [1.82, 2.24) is 10.6 Å². The molecule has 0 unspecified atom stereocenters. The van der Waals surface area contributed by atoms with Crippen molar-refractivity contribution in [1.29, 1.82) is 0 Å². The number of anilines is 1. The smallest absolute Gasteiger partial charge is 0.229 e. The van der Waals surface area contributed by atoms with Crippen LogP contribution in [0.2, 0.25) is 0 Å². The fourth-order valence-corrected chi connectivity index (χ4v) is 3.23. The van der Waals surface area contributed by atoms with Gasteiger partial charge in [0.05, 0.1) is 11.9 Å². The molecule has 0 heterocycles. The molecule has 0 amide bonds. The summed E-state index contributed by atoms with van der Waals surface area (Å²) in [7, 11) is -3.38. The summed E-state index contributed by atoms with van der Waals surface area (Å²) in [6.45, 7) is 7.45. The molecule has 0 aliphatic heterocycles. The van der Waals surface area contributed by atoms with Gasteiger partial charge >= 0.3 is 0 Å². The van der Waals surface area contributed by atoms with Gasteiger partial charge in [-0.15, -0.1) is 0 Å². The fraction of sp³-hybridized carbons (Fsp3) is 0.350. The Morgan fingerprint density at radius 1 is 1.04 bits per heavy atom. The van der Waals surface area contributed by atoms with Crippen LogP contribution in [-0.2, 0) is 28.5 Å². The minimum atomic E-state index is -3.38. The zero-order chi connectivity index (χ0) is 20.9. The van der Waals surface area contributed by atoms with Gasteiger partial charge in [0.25, 0.3) is 0 Å². The van der Waals surface area contributed by atoms with E-state index >= 15 is 0 Å². The Morgan fingerprint density at radius 3 is 2.18 bits per heavy atom. The van der Waals surface area contributed by atoms with Crippen LogP contribution in [0, 0.1) is 0 Å². The molecule has 0 atom stereocenters. The second-order valence-corrected chi connectivity index (χ2v) is 9.86. The summed E-state index contributed by atoms with van der Waals surface area (Å²) in [6, 6.07) is 13.0. The second-order valence-electron chi connectivity index (χ2n) is 7.70. The highest BCUT2D eigenvalue weighted by molar-refractivity contribution is 7.92. The van der Waals surface area contributed by atoms with Gasteiger partial charge < -0.3 is 15.7 Å². The third kappa shape index (κ3) is 7.01. The maximum Gasteiger partial charge on any atom is 0.229 e. The molecule has 28 heavy (non-hydrogen) atoms. The average Bonchev–Trinajstić information content (AvgIpc) is 2.57. The lowest BCUT2D eigenvalue weighted by Crippen LogP contribution is -2.34. The van der Waals surface area contributed by atoms with Gasteiger partial charge in [0.2, 0.25) is 10.0 Å². The van der Waals surface area contributed by atoms with E-state index in [4.69, 9.17) is 12.2 Å². The molecule has 2 aromatic rings. The minimum absolute atomic E-state index is 0.0123. The molecule has 0 saturated carbocycles. The van der Waals surface area contributed by atoms with E-state index in [0.29, 0.717) is 29.5 Å². The van der Waals surface area contributed by atoms with Crippen LogP contribution < -0.4 is 15.4 Å². The number of sulfonamides is 1. The lowest BCUT2D eigenvalue weighted by Gasteiger charge is -2.19. The van der Waals surface area contributed by atoms with Crippen LogP contribution in [0.1, 0.15) is 37.5 Å². The van der Waals surface area contributed by atoms with E-state index < -0.39 is 10.0 Å². The molecular formula is C20H27N3O3S2. The first-order chi connectivity index (χ1) is 12.9. The predicted octanol–water partition coefficient (Wildman–Crippen LogP) is 3.23. The topological polar surface area (TPSA) is 90.5 Å². The molecule has 0 aromatic heterocycles. The third-order valence-electron chi connectivity index (χ3n) is 4.10. The number of rotatable bonds is 6. The summed E-state index contributed by atoms with van der Waals surface area (Å²) in [5, 5.41) is 16.7. The molecule has 4 N–H and O–H groups in total. The minimum Gasteiger partial charge on any atom is -0.508 e. The molecule has 0 radical (unpaired) electrons. The van der Waals surface area contributed by atoms with Crippen molar-refractivity contribution in [2.24, 2.45) is 0 Å². The van der Waals surface area contributed by atoms with Gasteiger partial charge in [-0.3, -0.25) is 4.72 Å². The maximum absolute atomic E-state index is 11.2. The summed E-state index contributed by atoms with van der Waals surface area (Å²) in [4.78, 5) is 0. The molecule has 152 valence electrons. The number of aromatic hydroxyl groups is 1. The molecule has 2 rings (SSSR count). The summed E-state index contributed by atoms with van der Waals surface area (Å²) < 4.78 is 24.8. The molecule has 0 bridgehead atoms.